The molecule has 1 N–H and O–H groups in total. The molecule has 3 nitrogen and oxygen atoms in total. The van der Waals surface area contributed by atoms with E-state index in [1.165, 1.54) is 0 Å². The highest BCUT2D eigenvalue weighted by Crippen LogP contribution is 2.13. The Morgan fingerprint density at radius 1 is 1.22 bits per heavy atom. The molecule has 0 aliphatic carbocycles. The molecule has 0 fully saturated rings. The lowest BCUT2D eigenvalue weighted by atomic mass is 10.3. The molecule has 0 unspecified atom stereocenters. The number of benzene rings is 1. The van der Waals surface area contributed by atoms with Crippen LogP contribution < -0.4 is 10.2 Å². The van der Waals surface area contributed by atoms with Crippen molar-refractivity contribution in [2.45, 2.75) is 13.5 Å². The van der Waals surface area contributed by atoms with Gasteiger partial charge in [0, 0.05) is 17.1 Å². The Morgan fingerprint density at radius 2 is 2.00 bits per heavy atom. The van der Waals surface area contributed by atoms with Crippen LogP contribution in [0.15, 0.2) is 47.8 Å². The van der Waals surface area contributed by atoms with Crippen molar-refractivity contribution in [3.8, 4) is 0 Å². The number of urea groups is 1. The third kappa shape index (κ3) is 3.11. The lowest BCUT2D eigenvalue weighted by Crippen LogP contribution is -2.39. The van der Waals surface area contributed by atoms with Gasteiger partial charge in [-0.15, -0.1) is 11.3 Å². The molecule has 0 spiro atoms. The van der Waals surface area contributed by atoms with E-state index in [0.717, 1.165) is 10.6 Å². The molecule has 0 radical (unpaired) electrons. The minimum Gasteiger partial charge on any atom is -0.333 e. The summed E-state index contributed by atoms with van der Waals surface area (Å²) < 4.78 is 0. The van der Waals surface area contributed by atoms with Crippen LogP contribution in [0.3, 0.4) is 0 Å². The van der Waals surface area contributed by atoms with Crippen molar-refractivity contribution in [2.75, 3.05) is 11.4 Å². The topological polar surface area (TPSA) is 32.3 Å². The number of nitrogens with one attached hydrogen (secondary N) is 1. The fourth-order valence-corrected chi connectivity index (χ4v) is 2.37. The molecule has 2 aromatic rings. The monoisotopic (exact) mass is 260 g/mol. The van der Waals surface area contributed by atoms with E-state index in [-0.39, 0.29) is 6.03 Å². The molecular formula is C14H16N2OS. The van der Waals surface area contributed by atoms with Gasteiger partial charge in [0.1, 0.15) is 0 Å². The first-order valence-electron chi connectivity index (χ1n) is 5.94. The zero-order valence-corrected chi connectivity index (χ0v) is 11.1. The van der Waals surface area contributed by atoms with Gasteiger partial charge in [-0.2, -0.15) is 0 Å². The first kappa shape index (κ1) is 12.6. The van der Waals surface area contributed by atoms with Crippen LogP contribution in [0.1, 0.15) is 11.8 Å². The van der Waals surface area contributed by atoms with Gasteiger partial charge >= 0.3 is 6.03 Å². The van der Waals surface area contributed by atoms with Gasteiger partial charge in [-0.05, 0) is 30.5 Å². The molecule has 4 heteroatoms. The molecule has 2 amide bonds. The zero-order chi connectivity index (χ0) is 12.8. The maximum atomic E-state index is 12.1. The third-order valence-electron chi connectivity index (χ3n) is 2.62. The van der Waals surface area contributed by atoms with Crippen molar-refractivity contribution in [2.24, 2.45) is 0 Å². The van der Waals surface area contributed by atoms with Gasteiger partial charge in [-0.3, -0.25) is 4.90 Å². The van der Waals surface area contributed by atoms with Crippen molar-refractivity contribution in [1.82, 2.24) is 5.32 Å². The molecule has 0 saturated carbocycles. The molecule has 1 aromatic heterocycles. The summed E-state index contributed by atoms with van der Waals surface area (Å²) in [6.07, 6.45) is 0. The number of carbonyl (C=O) groups excluding carboxylic acids is 1. The van der Waals surface area contributed by atoms with E-state index in [2.05, 4.69) is 5.32 Å². The summed E-state index contributed by atoms with van der Waals surface area (Å²) in [6.45, 7) is 3.21. The summed E-state index contributed by atoms with van der Waals surface area (Å²) in [5.74, 6) is 0. The summed E-state index contributed by atoms with van der Waals surface area (Å²) in [6, 6.07) is 13.6. The van der Waals surface area contributed by atoms with Crippen molar-refractivity contribution < 1.29 is 4.79 Å². The molecule has 0 saturated heterocycles. The Labute approximate surface area is 111 Å². The summed E-state index contributed by atoms with van der Waals surface area (Å²) >= 11 is 1.65. The molecule has 94 valence electrons. The lowest BCUT2D eigenvalue weighted by Gasteiger charge is -2.21. The number of hydrogen-bond donors (Lipinski definition) is 1. The maximum Gasteiger partial charge on any atom is 0.322 e. The minimum atomic E-state index is -0.0582. The van der Waals surface area contributed by atoms with Crippen LogP contribution in [0.5, 0.6) is 0 Å². The highest BCUT2D eigenvalue weighted by molar-refractivity contribution is 7.09. The molecule has 18 heavy (non-hydrogen) atoms. The SMILES string of the molecule is CCN(C(=O)NCc1cccs1)c1ccccc1. The number of nitrogens with zero attached hydrogens (tertiary/aromatic N) is 1. The molecule has 1 aromatic carbocycles. The van der Waals surface area contributed by atoms with Crippen LogP contribution in [0.4, 0.5) is 10.5 Å². The standard InChI is InChI=1S/C14H16N2OS/c1-2-16(12-7-4-3-5-8-12)14(17)15-11-13-9-6-10-18-13/h3-10H,2,11H2,1H3,(H,15,17). The van der Waals surface area contributed by atoms with Crippen molar-refractivity contribution >= 4 is 23.1 Å². The molecule has 0 aliphatic heterocycles. The predicted molar refractivity (Wildman–Crippen MR) is 76.0 cm³/mol. The Hall–Kier alpha value is -1.81. The third-order valence-corrected chi connectivity index (χ3v) is 3.50. The summed E-state index contributed by atoms with van der Waals surface area (Å²) in [5.41, 5.74) is 0.920. The second kappa shape index (κ2) is 6.21. The number of hydrogen-bond acceptors (Lipinski definition) is 2. The quantitative estimate of drug-likeness (QED) is 0.896. The molecule has 0 aliphatic rings. The van der Waals surface area contributed by atoms with E-state index < -0.39 is 0 Å². The Balaban J connectivity index is 1.98. The van der Waals surface area contributed by atoms with E-state index in [9.17, 15) is 4.79 Å². The van der Waals surface area contributed by atoms with Gasteiger partial charge in [-0.25, -0.2) is 4.79 Å². The van der Waals surface area contributed by atoms with Crippen LogP contribution in [0, 0.1) is 0 Å². The van der Waals surface area contributed by atoms with E-state index in [1.54, 1.807) is 16.2 Å². The van der Waals surface area contributed by atoms with Gasteiger partial charge in [0.25, 0.3) is 0 Å². The predicted octanol–water partition coefficient (Wildman–Crippen LogP) is 3.48. The molecule has 2 rings (SSSR count). The van der Waals surface area contributed by atoms with Crippen LogP contribution in [-0.2, 0) is 6.54 Å². The highest BCUT2D eigenvalue weighted by atomic mass is 32.1. The second-order valence-electron chi connectivity index (χ2n) is 3.82. The Kier molecular flexibility index (Phi) is 4.36. The van der Waals surface area contributed by atoms with E-state index >= 15 is 0 Å². The van der Waals surface area contributed by atoms with Gasteiger partial charge in [-0.1, -0.05) is 24.3 Å². The van der Waals surface area contributed by atoms with Crippen LogP contribution in [-0.4, -0.2) is 12.6 Å². The molecular weight excluding hydrogens is 244 g/mol. The maximum absolute atomic E-state index is 12.1. The van der Waals surface area contributed by atoms with Gasteiger partial charge in [0.05, 0.1) is 6.54 Å². The number of thiophene rings is 1. The second-order valence-corrected chi connectivity index (χ2v) is 4.85. The summed E-state index contributed by atoms with van der Waals surface area (Å²) in [5, 5.41) is 4.94. The minimum absolute atomic E-state index is 0.0582. The smallest absolute Gasteiger partial charge is 0.322 e. The summed E-state index contributed by atoms with van der Waals surface area (Å²) in [7, 11) is 0. The lowest BCUT2D eigenvalue weighted by molar-refractivity contribution is 0.246. The van der Waals surface area contributed by atoms with Gasteiger partial charge in [0.15, 0.2) is 0 Å². The van der Waals surface area contributed by atoms with Crippen molar-refractivity contribution in [1.29, 1.82) is 0 Å². The fraction of sp³-hybridized carbons (Fsp3) is 0.214. The number of amides is 2. The number of para-hydroxylation sites is 1. The summed E-state index contributed by atoms with van der Waals surface area (Å²) in [4.78, 5) is 15.0. The van der Waals surface area contributed by atoms with Crippen LogP contribution in [0.2, 0.25) is 0 Å². The van der Waals surface area contributed by atoms with E-state index in [1.807, 2.05) is 54.8 Å². The van der Waals surface area contributed by atoms with Crippen molar-refractivity contribution in [3.63, 3.8) is 0 Å². The Bertz CT molecular complexity index is 482. The van der Waals surface area contributed by atoms with Crippen LogP contribution >= 0.6 is 11.3 Å². The highest BCUT2D eigenvalue weighted by Gasteiger charge is 2.12. The van der Waals surface area contributed by atoms with E-state index in [4.69, 9.17) is 0 Å². The molecule has 0 bridgehead atoms. The molecule has 1 heterocycles. The fourth-order valence-electron chi connectivity index (χ4n) is 1.72. The first-order chi connectivity index (χ1) is 8.81. The largest absolute Gasteiger partial charge is 0.333 e. The first-order valence-corrected chi connectivity index (χ1v) is 6.82. The number of anilines is 1. The number of carbonyl (C=O) groups is 1. The van der Waals surface area contributed by atoms with E-state index in [0.29, 0.717) is 13.1 Å². The zero-order valence-electron chi connectivity index (χ0n) is 10.3. The van der Waals surface area contributed by atoms with Crippen molar-refractivity contribution in [3.05, 3.63) is 52.7 Å². The normalized spacial score (nSPS) is 10.1. The van der Waals surface area contributed by atoms with Crippen LogP contribution in [0.25, 0.3) is 0 Å². The number of rotatable bonds is 4. The average molecular weight is 260 g/mol. The Morgan fingerprint density at radius 3 is 2.61 bits per heavy atom. The molecule has 0 atom stereocenters. The van der Waals surface area contributed by atoms with Gasteiger partial charge < -0.3 is 5.32 Å². The van der Waals surface area contributed by atoms with Gasteiger partial charge in [0.2, 0.25) is 0 Å². The average Bonchev–Trinajstić information content (AvgIpc) is 2.92.